The summed E-state index contributed by atoms with van der Waals surface area (Å²) in [4.78, 5) is 8.34. The zero-order chi connectivity index (χ0) is 13.0. The maximum atomic E-state index is 9.85. The molecule has 0 fully saturated rings. The highest BCUT2D eigenvalue weighted by molar-refractivity contribution is 5.75. The summed E-state index contributed by atoms with van der Waals surface area (Å²) in [7, 11) is 0. The Kier molecular flexibility index (Phi) is 3.97. The monoisotopic (exact) mass is 245 g/mol. The Morgan fingerprint density at radius 1 is 1.39 bits per heavy atom. The van der Waals surface area contributed by atoms with E-state index in [0.717, 1.165) is 36.9 Å². The molecule has 0 aliphatic heterocycles. The highest BCUT2D eigenvalue weighted by atomic mass is 16.3. The molecule has 0 amide bonds. The molecule has 1 N–H and O–H groups in total. The van der Waals surface area contributed by atoms with Crippen LogP contribution < -0.4 is 0 Å². The number of aromatic nitrogens is 3. The molecule has 2 aromatic heterocycles. The van der Waals surface area contributed by atoms with Gasteiger partial charge in [-0.05, 0) is 25.0 Å². The van der Waals surface area contributed by atoms with Crippen LogP contribution in [-0.2, 0) is 6.54 Å². The molecule has 0 atom stereocenters. The predicted molar refractivity (Wildman–Crippen MR) is 73.4 cm³/mol. The van der Waals surface area contributed by atoms with Gasteiger partial charge in [0.1, 0.15) is 0 Å². The van der Waals surface area contributed by atoms with E-state index in [4.69, 9.17) is 0 Å². The SMILES string of the molecule is C/C=C\c1cnc2nc(O)n(CCCCC)c2c1. The molecule has 0 aliphatic rings. The van der Waals surface area contributed by atoms with Crippen LogP contribution in [0.15, 0.2) is 18.3 Å². The van der Waals surface area contributed by atoms with Gasteiger partial charge in [0.15, 0.2) is 5.65 Å². The van der Waals surface area contributed by atoms with Gasteiger partial charge in [0.25, 0.3) is 6.01 Å². The lowest BCUT2D eigenvalue weighted by Crippen LogP contribution is -1.97. The third-order valence-electron chi connectivity index (χ3n) is 2.95. The van der Waals surface area contributed by atoms with Crippen LogP contribution >= 0.6 is 0 Å². The second kappa shape index (κ2) is 5.67. The van der Waals surface area contributed by atoms with E-state index in [-0.39, 0.29) is 6.01 Å². The van der Waals surface area contributed by atoms with E-state index in [9.17, 15) is 5.11 Å². The topological polar surface area (TPSA) is 50.9 Å². The molecule has 0 unspecified atom stereocenters. The zero-order valence-electron chi connectivity index (χ0n) is 10.9. The van der Waals surface area contributed by atoms with E-state index >= 15 is 0 Å². The lowest BCUT2D eigenvalue weighted by atomic mass is 10.2. The number of aryl methyl sites for hydroxylation is 1. The highest BCUT2D eigenvalue weighted by Crippen LogP contribution is 2.21. The molecule has 0 saturated heterocycles. The smallest absolute Gasteiger partial charge is 0.296 e. The van der Waals surface area contributed by atoms with Crippen molar-refractivity contribution in [3.8, 4) is 6.01 Å². The normalized spacial score (nSPS) is 11.7. The molecule has 0 saturated carbocycles. The van der Waals surface area contributed by atoms with Gasteiger partial charge in [0.2, 0.25) is 0 Å². The van der Waals surface area contributed by atoms with E-state index in [1.807, 2.05) is 29.7 Å². The molecule has 96 valence electrons. The van der Waals surface area contributed by atoms with E-state index < -0.39 is 0 Å². The molecule has 2 heterocycles. The van der Waals surface area contributed by atoms with Crippen molar-refractivity contribution in [2.24, 2.45) is 0 Å². The average Bonchev–Trinajstić information content (AvgIpc) is 2.66. The Labute approximate surface area is 107 Å². The molecule has 0 radical (unpaired) electrons. The van der Waals surface area contributed by atoms with Gasteiger partial charge >= 0.3 is 0 Å². The molecule has 0 spiro atoms. The Morgan fingerprint density at radius 2 is 2.22 bits per heavy atom. The lowest BCUT2D eigenvalue weighted by molar-refractivity contribution is 0.397. The second-order valence-electron chi connectivity index (χ2n) is 4.38. The van der Waals surface area contributed by atoms with Crippen LogP contribution in [0.1, 0.15) is 38.7 Å². The summed E-state index contributed by atoms with van der Waals surface area (Å²) in [5.74, 6) is 0. The number of unbranched alkanes of at least 4 members (excludes halogenated alkanes) is 2. The van der Waals surface area contributed by atoms with Gasteiger partial charge in [-0.3, -0.25) is 4.57 Å². The van der Waals surface area contributed by atoms with Gasteiger partial charge in [-0.1, -0.05) is 31.9 Å². The standard InChI is InChI=1S/C14H19N3O/c1-3-5-6-8-17-12-9-11(7-4-2)10-15-13(12)16-14(17)18/h4,7,9-10H,3,5-6,8H2,1-2H3,(H,15,16,18)/b7-4-. The van der Waals surface area contributed by atoms with Crippen molar-refractivity contribution in [3.63, 3.8) is 0 Å². The lowest BCUT2D eigenvalue weighted by Gasteiger charge is -2.04. The summed E-state index contributed by atoms with van der Waals surface area (Å²) in [5.41, 5.74) is 2.54. The fourth-order valence-electron chi connectivity index (χ4n) is 2.03. The quantitative estimate of drug-likeness (QED) is 0.822. The average molecular weight is 245 g/mol. The van der Waals surface area contributed by atoms with E-state index in [1.54, 1.807) is 6.20 Å². The fourth-order valence-corrected chi connectivity index (χ4v) is 2.03. The molecule has 0 bridgehead atoms. The van der Waals surface area contributed by atoms with Gasteiger partial charge in [0.05, 0.1) is 5.52 Å². The minimum Gasteiger partial charge on any atom is -0.480 e. The Hall–Kier alpha value is -1.84. The maximum absolute atomic E-state index is 9.85. The zero-order valence-corrected chi connectivity index (χ0v) is 10.9. The van der Waals surface area contributed by atoms with Gasteiger partial charge in [-0.2, -0.15) is 4.98 Å². The predicted octanol–water partition coefficient (Wildman–Crippen LogP) is 3.36. The molecule has 2 rings (SSSR count). The first-order chi connectivity index (χ1) is 8.76. The van der Waals surface area contributed by atoms with Crippen molar-refractivity contribution in [2.75, 3.05) is 0 Å². The number of aromatic hydroxyl groups is 1. The van der Waals surface area contributed by atoms with E-state index in [1.165, 1.54) is 0 Å². The molecule has 4 heteroatoms. The molecular formula is C14H19N3O. The van der Waals surface area contributed by atoms with Crippen molar-refractivity contribution in [3.05, 3.63) is 23.9 Å². The van der Waals surface area contributed by atoms with Crippen LogP contribution in [0.25, 0.3) is 17.2 Å². The van der Waals surface area contributed by atoms with Crippen molar-refractivity contribution in [2.45, 2.75) is 39.7 Å². The van der Waals surface area contributed by atoms with Gasteiger partial charge in [0, 0.05) is 12.7 Å². The number of allylic oxidation sites excluding steroid dienone is 1. The van der Waals surface area contributed by atoms with Crippen LogP contribution in [0, 0.1) is 0 Å². The minimum absolute atomic E-state index is 0.0613. The second-order valence-corrected chi connectivity index (χ2v) is 4.38. The highest BCUT2D eigenvalue weighted by Gasteiger charge is 2.10. The number of hydrogen-bond donors (Lipinski definition) is 1. The number of rotatable bonds is 5. The molecule has 0 aliphatic carbocycles. The van der Waals surface area contributed by atoms with E-state index in [2.05, 4.69) is 16.9 Å². The van der Waals surface area contributed by atoms with Gasteiger partial charge < -0.3 is 5.11 Å². The van der Waals surface area contributed by atoms with Crippen molar-refractivity contribution >= 4 is 17.2 Å². The Balaban J connectivity index is 2.37. The van der Waals surface area contributed by atoms with Crippen LogP contribution in [0.2, 0.25) is 0 Å². The van der Waals surface area contributed by atoms with Crippen molar-refractivity contribution < 1.29 is 5.11 Å². The molecule has 2 aromatic rings. The molecule has 4 nitrogen and oxygen atoms in total. The van der Waals surface area contributed by atoms with Crippen molar-refractivity contribution in [1.29, 1.82) is 0 Å². The van der Waals surface area contributed by atoms with Gasteiger partial charge in [-0.15, -0.1) is 0 Å². The molecule has 18 heavy (non-hydrogen) atoms. The molecular weight excluding hydrogens is 226 g/mol. The van der Waals surface area contributed by atoms with Crippen molar-refractivity contribution in [1.82, 2.24) is 14.5 Å². The Bertz CT molecular complexity index is 557. The first-order valence-corrected chi connectivity index (χ1v) is 6.44. The summed E-state index contributed by atoms with van der Waals surface area (Å²) in [6.45, 7) is 4.93. The van der Waals surface area contributed by atoms with E-state index in [0.29, 0.717) is 5.65 Å². The van der Waals surface area contributed by atoms with Crippen LogP contribution in [0.4, 0.5) is 0 Å². The molecule has 0 aromatic carbocycles. The summed E-state index contributed by atoms with van der Waals surface area (Å²) in [6, 6.07) is 2.08. The third kappa shape index (κ3) is 2.53. The number of hydrogen-bond acceptors (Lipinski definition) is 3. The largest absolute Gasteiger partial charge is 0.480 e. The summed E-state index contributed by atoms with van der Waals surface area (Å²) < 4.78 is 1.84. The van der Waals surface area contributed by atoms with Crippen LogP contribution in [0.3, 0.4) is 0 Å². The number of fused-ring (bicyclic) bond motifs is 1. The third-order valence-corrected chi connectivity index (χ3v) is 2.95. The number of nitrogens with zero attached hydrogens (tertiary/aromatic N) is 3. The minimum atomic E-state index is 0.0613. The fraction of sp³-hybridized carbons (Fsp3) is 0.429. The van der Waals surface area contributed by atoms with Crippen LogP contribution in [-0.4, -0.2) is 19.6 Å². The summed E-state index contributed by atoms with van der Waals surface area (Å²) in [6.07, 6.45) is 9.10. The number of imidazole rings is 1. The summed E-state index contributed by atoms with van der Waals surface area (Å²) >= 11 is 0. The van der Waals surface area contributed by atoms with Gasteiger partial charge in [-0.25, -0.2) is 4.98 Å². The first kappa shape index (κ1) is 12.6. The first-order valence-electron chi connectivity index (χ1n) is 6.44. The Morgan fingerprint density at radius 3 is 2.94 bits per heavy atom. The maximum Gasteiger partial charge on any atom is 0.296 e. The number of pyridine rings is 1. The summed E-state index contributed by atoms with van der Waals surface area (Å²) in [5, 5.41) is 9.85. The van der Waals surface area contributed by atoms with Crippen LogP contribution in [0.5, 0.6) is 6.01 Å².